The topological polar surface area (TPSA) is 188 Å². The number of carboxylic acids is 1. The number of nitrogens with one attached hydrogen (secondary N) is 3. The minimum atomic E-state index is -1.00. The molecule has 2 saturated heterocycles. The lowest BCUT2D eigenvalue weighted by atomic mass is 9.96. The van der Waals surface area contributed by atoms with Crippen molar-refractivity contribution in [1.29, 1.82) is 0 Å². The van der Waals surface area contributed by atoms with E-state index in [2.05, 4.69) is 16.0 Å². The molecule has 0 aliphatic carbocycles. The summed E-state index contributed by atoms with van der Waals surface area (Å²) < 4.78 is 21.2. The van der Waals surface area contributed by atoms with E-state index in [1.807, 2.05) is 11.8 Å². The number of Topliss-reactive ketones (excluding diaryl/α,β-unsaturated/α-hetero) is 1. The van der Waals surface area contributed by atoms with Crippen molar-refractivity contribution >= 4 is 35.5 Å². The number of carbonyl (C=O) groups is 4. The molecule has 2 aliphatic heterocycles. The van der Waals surface area contributed by atoms with Crippen LogP contribution in [0.3, 0.4) is 0 Å². The fourth-order valence-corrected chi connectivity index (χ4v) is 6.23. The van der Waals surface area contributed by atoms with Gasteiger partial charge in [0.25, 0.3) is 0 Å². The molecule has 0 spiro atoms. The molecule has 41 heavy (non-hydrogen) atoms. The number of urea groups is 1. The van der Waals surface area contributed by atoms with Gasteiger partial charge in [-0.25, -0.2) is 4.79 Å². The highest BCUT2D eigenvalue weighted by molar-refractivity contribution is 8.00. The molecule has 6 N–H and O–H groups in total. The third-order valence-corrected chi connectivity index (χ3v) is 8.36. The molecule has 2 fully saturated rings. The maximum absolute atomic E-state index is 12.1. The molecule has 13 nitrogen and oxygen atoms in total. The summed E-state index contributed by atoms with van der Waals surface area (Å²) >= 11 is 1.87. The zero-order chi connectivity index (χ0) is 29.7. The van der Waals surface area contributed by atoms with E-state index in [9.17, 15) is 24.3 Å². The van der Waals surface area contributed by atoms with Crippen LogP contribution >= 0.6 is 11.8 Å². The number of aliphatic carboxylic acids is 1. The molecule has 0 radical (unpaired) electrons. The van der Waals surface area contributed by atoms with Crippen LogP contribution in [0.1, 0.15) is 51.4 Å². The van der Waals surface area contributed by atoms with Gasteiger partial charge >= 0.3 is 12.0 Å². The van der Waals surface area contributed by atoms with Gasteiger partial charge in [-0.15, -0.1) is 0 Å². The van der Waals surface area contributed by atoms with E-state index < -0.39 is 11.9 Å². The Kier molecular flexibility index (Phi) is 18.6. The monoisotopic (exact) mass is 604 g/mol. The molecule has 3 amide bonds. The zero-order valence-corrected chi connectivity index (χ0v) is 24.8. The number of hydrogen-bond donors (Lipinski definition) is 5. The van der Waals surface area contributed by atoms with Crippen molar-refractivity contribution in [1.82, 2.24) is 16.0 Å². The van der Waals surface area contributed by atoms with Gasteiger partial charge in [-0.1, -0.05) is 12.8 Å². The number of nitrogens with two attached hydrogens (primary N) is 1. The highest BCUT2D eigenvalue weighted by Crippen LogP contribution is 2.33. The first-order chi connectivity index (χ1) is 19.9. The van der Waals surface area contributed by atoms with Crippen molar-refractivity contribution in [2.24, 2.45) is 11.7 Å². The molecular weight excluding hydrogens is 556 g/mol. The van der Waals surface area contributed by atoms with Crippen molar-refractivity contribution in [2.75, 3.05) is 71.7 Å². The predicted octanol–water partition coefficient (Wildman–Crippen LogP) is 0.684. The van der Waals surface area contributed by atoms with E-state index in [-0.39, 0.29) is 49.4 Å². The molecule has 0 bridgehead atoms. The van der Waals surface area contributed by atoms with E-state index in [0.29, 0.717) is 83.7 Å². The highest BCUT2D eigenvalue weighted by atomic mass is 32.2. The number of ether oxygens (including phenoxy) is 4. The summed E-state index contributed by atoms with van der Waals surface area (Å²) in [5.41, 5.74) is 5.32. The van der Waals surface area contributed by atoms with Gasteiger partial charge in [0.2, 0.25) is 5.91 Å². The van der Waals surface area contributed by atoms with Gasteiger partial charge in [0, 0.05) is 36.9 Å². The number of ketones is 1. The van der Waals surface area contributed by atoms with Gasteiger partial charge in [-0.2, -0.15) is 11.8 Å². The largest absolute Gasteiger partial charge is 0.481 e. The van der Waals surface area contributed by atoms with Crippen LogP contribution < -0.4 is 21.7 Å². The number of rotatable bonds is 26. The molecule has 2 aliphatic rings. The molecule has 4 atom stereocenters. The van der Waals surface area contributed by atoms with Crippen LogP contribution in [0.2, 0.25) is 0 Å². The Morgan fingerprint density at radius 3 is 2.32 bits per heavy atom. The summed E-state index contributed by atoms with van der Waals surface area (Å²) in [5, 5.41) is 18.7. The summed E-state index contributed by atoms with van der Waals surface area (Å²) in [5.74, 6) is -1.11. The fraction of sp³-hybridized carbons (Fsp3) is 0.852. The van der Waals surface area contributed by atoms with Crippen molar-refractivity contribution < 1.29 is 43.2 Å². The first-order valence-electron chi connectivity index (χ1n) is 14.6. The van der Waals surface area contributed by atoms with Crippen LogP contribution in [0.4, 0.5) is 4.79 Å². The molecule has 0 aromatic heterocycles. The Balaban J connectivity index is 1.41. The molecule has 0 aromatic rings. The molecule has 0 saturated carbocycles. The summed E-state index contributed by atoms with van der Waals surface area (Å²) in [6.07, 6.45) is 4.67. The Hall–Kier alpha value is -1.97. The lowest BCUT2D eigenvalue weighted by Crippen LogP contribution is -2.36. The Morgan fingerprint density at radius 2 is 1.63 bits per heavy atom. The number of amides is 3. The summed E-state index contributed by atoms with van der Waals surface area (Å²) in [4.78, 5) is 47.3. The molecular formula is C27H48N4O9S. The first kappa shape index (κ1) is 35.2. The molecule has 0 aromatic carbocycles. The van der Waals surface area contributed by atoms with Gasteiger partial charge in [0.1, 0.15) is 6.61 Å². The number of carboxylic acid groups (broad SMARTS) is 1. The van der Waals surface area contributed by atoms with Gasteiger partial charge in [-0.3, -0.25) is 14.4 Å². The first-order valence-corrected chi connectivity index (χ1v) is 15.7. The lowest BCUT2D eigenvalue weighted by Gasteiger charge is -2.16. The Morgan fingerprint density at radius 1 is 0.951 bits per heavy atom. The third kappa shape index (κ3) is 15.7. The lowest BCUT2D eigenvalue weighted by molar-refractivity contribution is -0.144. The van der Waals surface area contributed by atoms with E-state index in [0.717, 1.165) is 25.0 Å². The summed E-state index contributed by atoms with van der Waals surface area (Å²) in [6, 6.07) is 0.318. The van der Waals surface area contributed by atoms with Crippen LogP contribution in [-0.2, 0) is 33.3 Å². The van der Waals surface area contributed by atoms with Gasteiger partial charge in [0.15, 0.2) is 5.78 Å². The third-order valence-electron chi connectivity index (χ3n) is 6.85. The van der Waals surface area contributed by atoms with E-state index in [1.165, 1.54) is 0 Å². The predicted molar refractivity (Wildman–Crippen MR) is 154 cm³/mol. The van der Waals surface area contributed by atoms with Crippen LogP contribution in [0.5, 0.6) is 0 Å². The van der Waals surface area contributed by atoms with Crippen LogP contribution in [-0.4, -0.2) is 118 Å². The zero-order valence-electron chi connectivity index (χ0n) is 23.9. The second-order valence-corrected chi connectivity index (χ2v) is 11.4. The van der Waals surface area contributed by atoms with Crippen molar-refractivity contribution in [3.8, 4) is 0 Å². The van der Waals surface area contributed by atoms with E-state index >= 15 is 0 Å². The second-order valence-electron chi connectivity index (χ2n) is 10.2. The Labute approximate surface area is 246 Å². The van der Waals surface area contributed by atoms with Gasteiger partial charge < -0.3 is 45.7 Å². The molecule has 2 heterocycles. The maximum Gasteiger partial charge on any atom is 0.315 e. The normalized spacial score (nSPS) is 20.3. The molecule has 2 rings (SSSR count). The minimum absolute atomic E-state index is 0.00988. The molecule has 14 heteroatoms. The summed E-state index contributed by atoms with van der Waals surface area (Å²) in [7, 11) is 0. The smallest absolute Gasteiger partial charge is 0.315 e. The minimum Gasteiger partial charge on any atom is -0.481 e. The number of thioether (sulfide) groups is 1. The highest BCUT2D eigenvalue weighted by Gasteiger charge is 2.42. The SMILES string of the molecule is NCCOCCOCCOCCOCC(=O)C[C@@H](CCCCNC(=O)CCCC[C@@H]1SC[C@@H]2NC(=O)N[C@@H]21)C(=O)O. The maximum atomic E-state index is 12.1. The average molecular weight is 605 g/mol. The number of carbonyl (C=O) groups excluding carboxylic acids is 3. The fourth-order valence-electron chi connectivity index (χ4n) is 4.68. The molecule has 0 unspecified atom stereocenters. The number of hydrogen-bond acceptors (Lipinski definition) is 10. The van der Waals surface area contributed by atoms with Gasteiger partial charge in [-0.05, 0) is 25.7 Å². The summed E-state index contributed by atoms with van der Waals surface area (Å²) in [6.45, 7) is 3.65. The van der Waals surface area contributed by atoms with E-state index in [1.54, 1.807) is 0 Å². The molecule has 236 valence electrons. The quantitative estimate of drug-likeness (QED) is 0.0690. The van der Waals surface area contributed by atoms with Crippen LogP contribution in [0.25, 0.3) is 0 Å². The standard InChI is InChI=1S/C27H48N4O9S/c28-8-10-37-11-12-38-13-14-39-15-16-40-18-21(32)17-20(26(34)35)5-3-4-9-29-24(33)7-2-1-6-23-25-22(19-41-23)30-27(36)31-25/h20,22-23,25H,1-19,28H2,(H,29,33)(H,34,35)(H2,30,31,36)/t20-,22+,23+,25+/m1/s1. The van der Waals surface area contributed by atoms with Crippen molar-refractivity contribution in [3.05, 3.63) is 0 Å². The number of fused-ring (bicyclic) bond motifs is 1. The average Bonchev–Trinajstić information content (AvgIpc) is 3.49. The van der Waals surface area contributed by atoms with Crippen LogP contribution in [0.15, 0.2) is 0 Å². The Bertz CT molecular complexity index is 792. The van der Waals surface area contributed by atoms with Gasteiger partial charge in [0.05, 0.1) is 64.2 Å². The van der Waals surface area contributed by atoms with Crippen molar-refractivity contribution in [3.63, 3.8) is 0 Å². The second kappa shape index (κ2) is 21.7. The van der Waals surface area contributed by atoms with Crippen LogP contribution in [0, 0.1) is 5.92 Å². The van der Waals surface area contributed by atoms with Crippen molar-refractivity contribution in [2.45, 2.75) is 68.7 Å². The number of unbranched alkanes of at least 4 members (excludes halogenated alkanes) is 2. The van der Waals surface area contributed by atoms with E-state index in [4.69, 9.17) is 24.7 Å².